The smallest absolute Gasteiger partial charge is 0.316 e. The van der Waals surface area contributed by atoms with Crippen LogP contribution in [0.3, 0.4) is 0 Å². The van der Waals surface area contributed by atoms with Gasteiger partial charge in [-0.3, -0.25) is 4.79 Å². The first kappa shape index (κ1) is 18.4. The van der Waals surface area contributed by atoms with E-state index in [0.717, 1.165) is 49.1 Å². The average molecular weight is 376 g/mol. The van der Waals surface area contributed by atoms with E-state index in [1.165, 1.54) is 5.56 Å². The Kier molecular flexibility index (Phi) is 4.77. The van der Waals surface area contributed by atoms with Gasteiger partial charge in [-0.1, -0.05) is 30.3 Å². The van der Waals surface area contributed by atoms with Gasteiger partial charge in [0.05, 0.1) is 25.5 Å². The Balaban J connectivity index is 1.58. The van der Waals surface area contributed by atoms with Gasteiger partial charge in [-0.25, -0.2) is 9.28 Å². The van der Waals surface area contributed by atoms with Crippen LogP contribution < -0.4 is 10.2 Å². The van der Waals surface area contributed by atoms with Gasteiger partial charge in [0.2, 0.25) is 11.7 Å². The number of H-pyrrole nitrogens is 1. The third-order valence-corrected chi connectivity index (χ3v) is 6.16. The minimum atomic E-state index is -0.443. The first-order chi connectivity index (χ1) is 13.5. The summed E-state index contributed by atoms with van der Waals surface area (Å²) in [4.78, 5) is 27.6. The lowest BCUT2D eigenvalue weighted by Gasteiger charge is -2.39. The molecule has 4 rings (SSSR count). The molecule has 0 radical (unpaired) electrons. The van der Waals surface area contributed by atoms with Gasteiger partial charge in [-0.05, 0) is 36.1 Å². The third-order valence-electron chi connectivity index (χ3n) is 6.16. The van der Waals surface area contributed by atoms with Crippen molar-refractivity contribution in [2.24, 2.45) is 11.7 Å². The lowest BCUT2D eigenvalue weighted by atomic mass is 9.88. The molecule has 1 saturated heterocycles. The molecule has 3 N–H and O–H groups in total. The molecule has 0 aliphatic carbocycles. The molecular weight excluding hydrogens is 350 g/mol. The molecule has 1 aliphatic rings. The van der Waals surface area contributed by atoms with Gasteiger partial charge in [0.15, 0.2) is 0 Å². The maximum absolute atomic E-state index is 12.7. The normalized spacial score (nSPS) is 22.2. The number of primary amides is 1. The average Bonchev–Trinajstić information content (AvgIpc) is 3.13. The Hall–Kier alpha value is -2.92. The number of nitrogens with one attached hydrogen (secondary N) is 1. The monoisotopic (exact) mass is 376 g/mol. The molecule has 5 nitrogen and oxygen atoms in total. The van der Waals surface area contributed by atoms with Crippen molar-refractivity contribution in [3.63, 3.8) is 0 Å². The second kappa shape index (κ2) is 7.24. The fraction of sp³-hybridized carbons (Fsp3) is 0.304. The fourth-order valence-corrected chi connectivity index (χ4v) is 4.44. The second-order valence-corrected chi connectivity index (χ2v) is 7.89. The SMILES string of the molecule is CC(=O)[N+]1(c2cc3cc(C(N)=O)ccc3[nH]2)CCC(Cc2ccccc2)CC1. The van der Waals surface area contributed by atoms with Crippen LogP contribution in [0, 0.1) is 5.92 Å². The number of nitrogens with two attached hydrogens (primary N) is 1. The highest BCUT2D eigenvalue weighted by Gasteiger charge is 2.41. The van der Waals surface area contributed by atoms with Crippen LogP contribution in [0.1, 0.15) is 35.7 Å². The molecule has 2 heterocycles. The molecule has 3 aromatic rings. The van der Waals surface area contributed by atoms with E-state index in [1.54, 1.807) is 19.1 Å². The van der Waals surface area contributed by atoms with E-state index in [9.17, 15) is 9.59 Å². The summed E-state index contributed by atoms with van der Waals surface area (Å²) in [6, 6.07) is 17.9. The predicted octanol–water partition coefficient (Wildman–Crippen LogP) is 3.77. The first-order valence-corrected chi connectivity index (χ1v) is 9.83. The van der Waals surface area contributed by atoms with Crippen LogP contribution in [-0.4, -0.2) is 29.9 Å². The van der Waals surface area contributed by atoms with E-state index in [-0.39, 0.29) is 5.91 Å². The Labute approximate surface area is 164 Å². The van der Waals surface area contributed by atoms with E-state index in [1.807, 2.05) is 18.2 Å². The molecule has 0 unspecified atom stereocenters. The number of amides is 2. The van der Waals surface area contributed by atoms with Crippen molar-refractivity contribution in [3.05, 3.63) is 65.7 Å². The summed E-state index contributed by atoms with van der Waals surface area (Å²) in [5.41, 5.74) is 8.16. The van der Waals surface area contributed by atoms with Crippen molar-refractivity contribution in [1.82, 2.24) is 9.47 Å². The van der Waals surface area contributed by atoms with Crippen LogP contribution in [0.15, 0.2) is 54.6 Å². The predicted molar refractivity (Wildman–Crippen MR) is 112 cm³/mol. The molecule has 2 amide bonds. The number of aromatic amines is 1. The number of likely N-dealkylation sites (tertiary alicyclic amines) is 1. The number of benzene rings is 2. The van der Waals surface area contributed by atoms with Gasteiger partial charge in [0.1, 0.15) is 0 Å². The summed E-state index contributed by atoms with van der Waals surface area (Å²) in [6.07, 6.45) is 3.08. The van der Waals surface area contributed by atoms with Gasteiger partial charge >= 0.3 is 5.91 Å². The number of piperidine rings is 1. The molecule has 0 spiro atoms. The summed E-state index contributed by atoms with van der Waals surface area (Å²) in [5, 5.41) is 0.913. The summed E-state index contributed by atoms with van der Waals surface area (Å²) in [5.74, 6) is 1.21. The molecule has 0 bridgehead atoms. The standard InChI is InChI=1S/C23H25N3O2/c1-16(27)26(11-9-18(10-12-26)13-17-5-3-2-4-6-17)22-15-20-14-19(23(24)28)7-8-21(20)25-22/h2-8,14-15,18H,9-13H2,1H3,(H2-,24,25,28)/p+1. The zero-order chi connectivity index (χ0) is 19.7. The number of carbonyl (C=O) groups excluding carboxylic acids is 2. The highest BCUT2D eigenvalue weighted by molar-refractivity contribution is 5.98. The third kappa shape index (κ3) is 3.34. The second-order valence-electron chi connectivity index (χ2n) is 7.89. The quantitative estimate of drug-likeness (QED) is 0.680. The van der Waals surface area contributed by atoms with Gasteiger partial charge in [-0.15, -0.1) is 0 Å². The maximum atomic E-state index is 12.7. The molecule has 5 heteroatoms. The Morgan fingerprint density at radius 2 is 1.79 bits per heavy atom. The number of rotatable bonds is 4. The summed E-state index contributed by atoms with van der Waals surface area (Å²) < 4.78 is 0.339. The fourth-order valence-electron chi connectivity index (χ4n) is 4.44. The molecule has 1 aliphatic heterocycles. The summed E-state index contributed by atoms with van der Waals surface area (Å²) in [6.45, 7) is 3.27. The molecule has 2 aromatic carbocycles. The maximum Gasteiger partial charge on any atom is 0.316 e. The number of aromatic nitrogens is 1. The molecule has 28 heavy (non-hydrogen) atoms. The Bertz CT molecular complexity index is 1010. The van der Waals surface area contributed by atoms with Crippen molar-refractivity contribution in [1.29, 1.82) is 0 Å². The van der Waals surface area contributed by atoms with E-state index in [2.05, 4.69) is 29.2 Å². The molecule has 144 valence electrons. The van der Waals surface area contributed by atoms with E-state index >= 15 is 0 Å². The largest absolute Gasteiger partial charge is 0.366 e. The van der Waals surface area contributed by atoms with Gasteiger partial charge < -0.3 is 10.7 Å². The Morgan fingerprint density at radius 3 is 2.43 bits per heavy atom. The minimum absolute atomic E-state index is 0.153. The van der Waals surface area contributed by atoms with Crippen molar-refractivity contribution in [2.45, 2.75) is 26.2 Å². The zero-order valence-electron chi connectivity index (χ0n) is 16.2. The molecule has 1 fully saturated rings. The molecular formula is C23H26N3O2+. The van der Waals surface area contributed by atoms with Gasteiger partial charge in [-0.2, -0.15) is 0 Å². The molecule has 1 aromatic heterocycles. The van der Waals surface area contributed by atoms with Crippen LogP contribution >= 0.6 is 0 Å². The lowest BCUT2D eigenvalue weighted by molar-refractivity contribution is -0.129. The first-order valence-electron chi connectivity index (χ1n) is 9.83. The van der Waals surface area contributed by atoms with Gasteiger partial charge in [0, 0.05) is 29.9 Å². The minimum Gasteiger partial charge on any atom is -0.366 e. The van der Waals surface area contributed by atoms with E-state index < -0.39 is 5.91 Å². The van der Waals surface area contributed by atoms with Crippen molar-refractivity contribution in [2.75, 3.05) is 13.1 Å². The number of carbonyl (C=O) groups is 2. The zero-order valence-corrected chi connectivity index (χ0v) is 16.2. The van der Waals surface area contributed by atoms with Crippen LogP contribution in [0.2, 0.25) is 0 Å². The van der Waals surface area contributed by atoms with Crippen molar-refractivity contribution in [3.8, 4) is 0 Å². The van der Waals surface area contributed by atoms with Crippen LogP contribution in [0.5, 0.6) is 0 Å². The van der Waals surface area contributed by atoms with Crippen LogP contribution in [-0.2, 0) is 11.2 Å². The lowest BCUT2D eigenvalue weighted by Crippen LogP contribution is -2.57. The van der Waals surface area contributed by atoms with Crippen molar-refractivity contribution >= 4 is 28.5 Å². The van der Waals surface area contributed by atoms with E-state index in [0.29, 0.717) is 16.0 Å². The van der Waals surface area contributed by atoms with E-state index in [4.69, 9.17) is 5.73 Å². The highest BCUT2D eigenvalue weighted by atomic mass is 16.2. The van der Waals surface area contributed by atoms with Crippen LogP contribution in [0.25, 0.3) is 10.9 Å². The summed E-state index contributed by atoms with van der Waals surface area (Å²) >= 11 is 0. The molecule has 0 atom stereocenters. The van der Waals surface area contributed by atoms with Crippen LogP contribution in [0.4, 0.5) is 5.82 Å². The highest BCUT2D eigenvalue weighted by Crippen LogP contribution is 2.34. The molecule has 0 saturated carbocycles. The number of quaternary nitrogens is 1. The number of nitrogens with zero attached hydrogens (tertiary/aromatic N) is 1. The summed E-state index contributed by atoms with van der Waals surface area (Å²) in [7, 11) is 0. The Morgan fingerprint density at radius 1 is 1.07 bits per heavy atom. The topological polar surface area (TPSA) is 76.0 Å². The van der Waals surface area contributed by atoms with Crippen molar-refractivity contribution < 1.29 is 9.59 Å². The number of fused-ring (bicyclic) bond motifs is 1. The number of hydrogen-bond acceptors (Lipinski definition) is 2. The van der Waals surface area contributed by atoms with Gasteiger partial charge in [0.25, 0.3) is 0 Å². The number of hydrogen-bond donors (Lipinski definition) is 2.